The first-order valence-corrected chi connectivity index (χ1v) is 11.5. The second-order valence-corrected chi connectivity index (χ2v) is 8.20. The molecule has 0 saturated heterocycles. The lowest BCUT2D eigenvalue weighted by atomic mass is 10.1. The number of guanidine groups is 2. The quantitative estimate of drug-likeness (QED) is 0.0456. The average molecular weight is 530 g/mol. The first kappa shape index (κ1) is 32.8. The number of rotatable bonds is 18. The Morgan fingerprint density at radius 3 is 1.73 bits per heavy atom. The van der Waals surface area contributed by atoms with Gasteiger partial charge in [-0.3, -0.25) is 29.2 Å². The highest BCUT2D eigenvalue weighted by molar-refractivity contribution is 5.94. The first-order valence-electron chi connectivity index (χ1n) is 11.5. The van der Waals surface area contributed by atoms with Crippen molar-refractivity contribution >= 4 is 41.5 Å². The van der Waals surface area contributed by atoms with Crippen LogP contribution in [-0.2, 0) is 24.0 Å². The van der Waals surface area contributed by atoms with Gasteiger partial charge in [-0.15, -0.1) is 0 Å². The number of carboxylic acids is 1. The molecule has 17 nitrogen and oxygen atoms in total. The molecule has 0 aliphatic carbocycles. The summed E-state index contributed by atoms with van der Waals surface area (Å²) in [4.78, 5) is 67.7. The third-order valence-corrected chi connectivity index (χ3v) is 4.93. The van der Waals surface area contributed by atoms with Gasteiger partial charge in [-0.05, 0) is 39.0 Å². The summed E-state index contributed by atoms with van der Waals surface area (Å²) in [6.45, 7) is 1.78. The third-order valence-electron chi connectivity index (χ3n) is 4.93. The molecule has 17 heteroatoms. The van der Waals surface area contributed by atoms with Crippen molar-refractivity contribution in [2.75, 3.05) is 13.1 Å². The van der Waals surface area contributed by atoms with Gasteiger partial charge in [0.15, 0.2) is 11.9 Å². The van der Waals surface area contributed by atoms with Crippen molar-refractivity contribution in [1.29, 1.82) is 0 Å². The number of aliphatic imine (C=N–C) groups is 2. The Morgan fingerprint density at radius 2 is 1.24 bits per heavy atom. The number of carbonyl (C=O) groups is 5. The number of nitrogens with two attached hydrogens (primary N) is 6. The summed E-state index contributed by atoms with van der Waals surface area (Å²) in [5.41, 5.74) is 32.0. The van der Waals surface area contributed by atoms with Crippen LogP contribution in [0.5, 0.6) is 0 Å². The Hall–Kier alpha value is -4.15. The van der Waals surface area contributed by atoms with E-state index in [-0.39, 0.29) is 50.7 Å². The zero-order valence-electron chi connectivity index (χ0n) is 20.8. The molecule has 0 aromatic carbocycles. The summed E-state index contributed by atoms with van der Waals surface area (Å²) in [6.07, 6.45) is 0.609. The van der Waals surface area contributed by atoms with Gasteiger partial charge >= 0.3 is 5.97 Å². The Bertz CT molecular complexity index is 856. The molecule has 16 N–H and O–H groups in total. The van der Waals surface area contributed by atoms with E-state index >= 15 is 0 Å². The van der Waals surface area contributed by atoms with E-state index in [1.165, 1.54) is 6.92 Å². The van der Waals surface area contributed by atoms with Crippen LogP contribution < -0.4 is 50.4 Å². The highest BCUT2D eigenvalue weighted by Gasteiger charge is 2.28. The molecule has 0 aromatic heterocycles. The molecule has 0 bridgehead atoms. The van der Waals surface area contributed by atoms with Crippen molar-refractivity contribution in [1.82, 2.24) is 16.0 Å². The van der Waals surface area contributed by atoms with Gasteiger partial charge in [0.25, 0.3) is 0 Å². The summed E-state index contributed by atoms with van der Waals surface area (Å²) < 4.78 is 0. The fourth-order valence-electron chi connectivity index (χ4n) is 2.92. The molecule has 0 fully saturated rings. The number of carbonyl (C=O) groups excluding carboxylic acids is 4. The standard InChI is InChI=1S/C20H39N11O6/c1-10(15(33)31-13(18(36)37)6-7-14(22)32)29-17(35)12(5-3-9-28-20(25)26)30-16(34)11(21)4-2-8-27-19(23)24/h10-13H,2-9,21H2,1H3,(H2,22,32)(H,29,35)(H,30,34)(H,31,33)(H,36,37)(H4,23,24,27)(H4,25,26,28). The van der Waals surface area contributed by atoms with E-state index in [9.17, 15) is 29.1 Å². The second-order valence-electron chi connectivity index (χ2n) is 8.20. The van der Waals surface area contributed by atoms with Crippen LogP contribution in [0.4, 0.5) is 0 Å². The number of carboxylic acid groups (broad SMARTS) is 1. The van der Waals surface area contributed by atoms with E-state index in [4.69, 9.17) is 34.4 Å². The largest absolute Gasteiger partial charge is 0.480 e. The maximum atomic E-state index is 12.9. The van der Waals surface area contributed by atoms with E-state index in [1.807, 2.05) is 0 Å². The molecular formula is C20H39N11O6. The molecule has 4 unspecified atom stereocenters. The van der Waals surface area contributed by atoms with Gasteiger partial charge in [-0.1, -0.05) is 0 Å². The molecule has 0 saturated carbocycles. The Kier molecular flexibility index (Phi) is 15.4. The number of nitrogens with zero attached hydrogens (tertiary/aromatic N) is 2. The summed E-state index contributed by atoms with van der Waals surface area (Å²) >= 11 is 0. The highest BCUT2D eigenvalue weighted by atomic mass is 16.4. The fraction of sp³-hybridized carbons (Fsp3) is 0.650. The minimum Gasteiger partial charge on any atom is -0.480 e. The van der Waals surface area contributed by atoms with E-state index in [0.29, 0.717) is 12.8 Å². The molecule has 0 aliphatic heterocycles. The molecule has 0 heterocycles. The van der Waals surface area contributed by atoms with Crippen LogP contribution in [0, 0.1) is 0 Å². The van der Waals surface area contributed by atoms with Crippen molar-refractivity contribution in [3.8, 4) is 0 Å². The van der Waals surface area contributed by atoms with Crippen molar-refractivity contribution < 1.29 is 29.1 Å². The maximum absolute atomic E-state index is 12.9. The van der Waals surface area contributed by atoms with E-state index in [2.05, 4.69) is 25.9 Å². The lowest BCUT2D eigenvalue weighted by Gasteiger charge is -2.23. The normalized spacial score (nSPS) is 13.7. The second kappa shape index (κ2) is 17.3. The van der Waals surface area contributed by atoms with Crippen LogP contribution in [-0.4, -0.2) is 83.9 Å². The first-order chi connectivity index (χ1) is 17.2. The Morgan fingerprint density at radius 1 is 0.730 bits per heavy atom. The minimum absolute atomic E-state index is 0.0868. The van der Waals surface area contributed by atoms with Crippen molar-refractivity contribution in [3.05, 3.63) is 0 Å². The van der Waals surface area contributed by atoms with Crippen LogP contribution in [0.2, 0.25) is 0 Å². The summed E-state index contributed by atoms with van der Waals surface area (Å²) in [5.74, 6) is -4.45. The lowest BCUT2D eigenvalue weighted by molar-refractivity contribution is -0.142. The third kappa shape index (κ3) is 15.5. The fourth-order valence-corrected chi connectivity index (χ4v) is 2.92. The predicted octanol–water partition coefficient (Wildman–Crippen LogP) is -4.75. The van der Waals surface area contributed by atoms with Gasteiger partial charge in [-0.25, -0.2) is 4.79 Å². The number of hydrogen-bond acceptors (Lipinski definition) is 8. The topological polar surface area (TPSA) is 323 Å². The summed E-state index contributed by atoms with van der Waals surface area (Å²) in [6, 6.07) is -4.60. The monoisotopic (exact) mass is 529 g/mol. The molecule has 0 rings (SSSR count). The molecule has 0 aliphatic rings. The van der Waals surface area contributed by atoms with Gasteiger partial charge in [0.2, 0.25) is 23.6 Å². The Labute approximate surface area is 214 Å². The predicted molar refractivity (Wildman–Crippen MR) is 135 cm³/mol. The van der Waals surface area contributed by atoms with Gasteiger partial charge in [-0.2, -0.15) is 0 Å². The van der Waals surface area contributed by atoms with Gasteiger partial charge in [0.05, 0.1) is 6.04 Å². The number of amides is 4. The highest BCUT2D eigenvalue weighted by Crippen LogP contribution is 2.04. The van der Waals surface area contributed by atoms with Crippen molar-refractivity contribution in [2.45, 2.75) is 69.6 Å². The summed E-state index contributed by atoms with van der Waals surface area (Å²) in [5, 5.41) is 16.4. The number of hydrogen-bond donors (Lipinski definition) is 10. The molecule has 4 atom stereocenters. The van der Waals surface area contributed by atoms with Gasteiger partial charge in [0, 0.05) is 19.5 Å². The van der Waals surface area contributed by atoms with E-state index in [0.717, 1.165) is 0 Å². The van der Waals surface area contributed by atoms with Crippen LogP contribution >= 0.6 is 0 Å². The SMILES string of the molecule is CC(NC(=O)C(CCCN=C(N)N)NC(=O)C(N)CCCN=C(N)N)C(=O)NC(CCC(N)=O)C(=O)O. The molecule has 0 spiro atoms. The van der Waals surface area contributed by atoms with Crippen LogP contribution in [0.1, 0.15) is 45.4 Å². The molecule has 4 amide bonds. The van der Waals surface area contributed by atoms with Crippen molar-refractivity contribution in [2.24, 2.45) is 44.4 Å². The van der Waals surface area contributed by atoms with E-state index < -0.39 is 53.8 Å². The molecule has 210 valence electrons. The van der Waals surface area contributed by atoms with Crippen LogP contribution in [0.25, 0.3) is 0 Å². The summed E-state index contributed by atoms with van der Waals surface area (Å²) in [7, 11) is 0. The van der Waals surface area contributed by atoms with Crippen molar-refractivity contribution in [3.63, 3.8) is 0 Å². The smallest absolute Gasteiger partial charge is 0.326 e. The Balaban J connectivity index is 5.19. The number of nitrogens with one attached hydrogen (secondary N) is 3. The lowest BCUT2D eigenvalue weighted by Crippen LogP contribution is -2.56. The molecule has 0 aromatic rings. The number of aliphatic carboxylic acids is 1. The minimum atomic E-state index is -1.38. The zero-order chi connectivity index (χ0) is 28.5. The van der Waals surface area contributed by atoms with Gasteiger partial charge in [0.1, 0.15) is 18.1 Å². The zero-order valence-corrected chi connectivity index (χ0v) is 20.8. The van der Waals surface area contributed by atoms with Crippen LogP contribution in [0.15, 0.2) is 9.98 Å². The van der Waals surface area contributed by atoms with Crippen LogP contribution in [0.3, 0.4) is 0 Å². The van der Waals surface area contributed by atoms with E-state index in [1.54, 1.807) is 0 Å². The number of primary amides is 1. The molecular weight excluding hydrogens is 490 g/mol. The maximum Gasteiger partial charge on any atom is 0.326 e. The van der Waals surface area contributed by atoms with Gasteiger partial charge < -0.3 is 55.5 Å². The molecule has 37 heavy (non-hydrogen) atoms. The molecule has 0 radical (unpaired) electrons. The average Bonchev–Trinajstić information content (AvgIpc) is 2.79.